The Bertz CT molecular complexity index is 644. The van der Waals surface area contributed by atoms with Crippen LogP contribution in [0.2, 0.25) is 0 Å². The highest BCUT2D eigenvalue weighted by molar-refractivity contribution is 5.41. The van der Waals surface area contributed by atoms with Crippen LogP contribution in [0.4, 0.5) is 4.39 Å². The van der Waals surface area contributed by atoms with Crippen molar-refractivity contribution >= 4 is 0 Å². The van der Waals surface area contributed by atoms with E-state index in [-0.39, 0.29) is 18.0 Å². The Morgan fingerprint density at radius 1 is 1.21 bits per heavy atom. The second-order valence-corrected chi connectivity index (χ2v) is 5.59. The van der Waals surface area contributed by atoms with E-state index in [9.17, 15) is 4.39 Å². The zero-order chi connectivity index (χ0) is 16.8. The van der Waals surface area contributed by atoms with Gasteiger partial charge in [0.25, 0.3) is 0 Å². The van der Waals surface area contributed by atoms with Gasteiger partial charge >= 0.3 is 0 Å². The van der Waals surface area contributed by atoms with Crippen molar-refractivity contribution in [2.45, 2.75) is 19.1 Å². The highest BCUT2D eigenvalue weighted by Gasteiger charge is 2.28. The molecule has 1 unspecified atom stereocenters. The summed E-state index contributed by atoms with van der Waals surface area (Å²) in [5, 5.41) is 3.31. The normalized spacial score (nSPS) is 18.8. The molecule has 2 atom stereocenters. The van der Waals surface area contributed by atoms with Crippen molar-refractivity contribution in [1.29, 1.82) is 0 Å². The van der Waals surface area contributed by atoms with Crippen molar-refractivity contribution in [2.24, 2.45) is 0 Å². The largest absolute Gasteiger partial charge is 0.490 e. The third-order valence-corrected chi connectivity index (χ3v) is 3.88. The van der Waals surface area contributed by atoms with Crippen molar-refractivity contribution in [2.75, 3.05) is 26.3 Å². The molecule has 0 bridgehead atoms. The molecular formula is C19H22FNO3. The van der Waals surface area contributed by atoms with E-state index in [0.29, 0.717) is 31.3 Å². The molecule has 24 heavy (non-hydrogen) atoms. The molecule has 1 aliphatic heterocycles. The maximum Gasteiger partial charge on any atom is 0.165 e. The standard InChI is InChI=1S/C19H22FNO3/c1-2-22-16-9-8-15(20)12-17(16)24-19(14-6-4-3-5-7-14)18-13-21-10-11-23-18/h3-9,12,18-19,21H,2,10-11,13H2,1H3/t18-,19?/m0/s1. The van der Waals surface area contributed by atoms with Crippen LogP contribution in [-0.2, 0) is 4.74 Å². The number of ether oxygens (including phenoxy) is 3. The minimum atomic E-state index is -0.358. The summed E-state index contributed by atoms with van der Waals surface area (Å²) < 4.78 is 31.3. The van der Waals surface area contributed by atoms with Crippen LogP contribution < -0.4 is 14.8 Å². The molecule has 1 N–H and O–H groups in total. The van der Waals surface area contributed by atoms with Crippen molar-refractivity contribution < 1.29 is 18.6 Å². The number of hydrogen-bond donors (Lipinski definition) is 1. The first-order chi connectivity index (χ1) is 11.8. The summed E-state index contributed by atoms with van der Waals surface area (Å²) in [5.74, 6) is 0.562. The average molecular weight is 331 g/mol. The molecule has 5 heteroatoms. The van der Waals surface area contributed by atoms with E-state index in [1.165, 1.54) is 12.1 Å². The highest BCUT2D eigenvalue weighted by atomic mass is 19.1. The fourth-order valence-corrected chi connectivity index (χ4v) is 2.77. The topological polar surface area (TPSA) is 39.7 Å². The van der Waals surface area contributed by atoms with E-state index in [0.717, 1.165) is 12.1 Å². The van der Waals surface area contributed by atoms with Crippen molar-refractivity contribution in [1.82, 2.24) is 5.32 Å². The lowest BCUT2D eigenvalue weighted by atomic mass is 10.0. The summed E-state index contributed by atoms with van der Waals surface area (Å²) in [6, 6.07) is 14.2. The number of hydrogen-bond acceptors (Lipinski definition) is 4. The molecule has 3 rings (SSSR count). The smallest absolute Gasteiger partial charge is 0.165 e. The Morgan fingerprint density at radius 3 is 2.75 bits per heavy atom. The molecule has 1 saturated heterocycles. The molecule has 2 aromatic rings. The van der Waals surface area contributed by atoms with Crippen LogP contribution in [-0.4, -0.2) is 32.4 Å². The van der Waals surface area contributed by atoms with Gasteiger partial charge in [-0.25, -0.2) is 4.39 Å². The van der Waals surface area contributed by atoms with Gasteiger partial charge in [0, 0.05) is 19.2 Å². The van der Waals surface area contributed by atoms with Gasteiger partial charge < -0.3 is 19.5 Å². The summed E-state index contributed by atoms with van der Waals surface area (Å²) >= 11 is 0. The van der Waals surface area contributed by atoms with Gasteiger partial charge in [-0.1, -0.05) is 30.3 Å². The SMILES string of the molecule is CCOc1ccc(F)cc1OC(c1ccccc1)[C@@H]1CNCCO1. The molecule has 0 amide bonds. The maximum absolute atomic E-state index is 13.7. The first-order valence-corrected chi connectivity index (χ1v) is 8.24. The predicted molar refractivity (Wildman–Crippen MR) is 90.0 cm³/mol. The number of nitrogens with one attached hydrogen (secondary N) is 1. The summed E-state index contributed by atoms with van der Waals surface area (Å²) in [5.41, 5.74) is 0.984. The second-order valence-electron chi connectivity index (χ2n) is 5.59. The number of morpholine rings is 1. The molecular weight excluding hydrogens is 309 g/mol. The lowest BCUT2D eigenvalue weighted by Gasteiger charge is -2.32. The number of halogens is 1. The Balaban J connectivity index is 1.90. The minimum Gasteiger partial charge on any atom is -0.490 e. The number of rotatable bonds is 6. The van der Waals surface area contributed by atoms with Crippen LogP contribution in [0, 0.1) is 5.82 Å². The molecule has 4 nitrogen and oxygen atoms in total. The molecule has 0 spiro atoms. The van der Waals surface area contributed by atoms with Crippen LogP contribution in [0.3, 0.4) is 0 Å². The summed E-state index contributed by atoms with van der Waals surface area (Å²) in [4.78, 5) is 0. The van der Waals surface area contributed by atoms with Crippen LogP contribution in [0.5, 0.6) is 11.5 Å². The Morgan fingerprint density at radius 2 is 2.04 bits per heavy atom. The summed E-state index contributed by atoms with van der Waals surface area (Å²) in [7, 11) is 0. The zero-order valence-corrected chi connectivity index (χ0v) is 13.7. The fraction of sp³-hybridized carbons (Fsp3) is 0.368. The summed E-state index contributed by atoms with van der Waals surface area (Å²) in [6.07, 6.45) is -0.501. The molecule has 1 aliphatic rings. The van der Waals surface area contributed by atoms with Gasteiger partial charge in [-0.2, -0.15) is 0 Å². The lowest BCUT2D eigenvalue weighted by molar-refractivity contribution is -0.0440. The van der Waals surface area contributed by atoms with Gasteiger partial charge in [-0.05, 0) is 24.6 Å². The Kier molecular flexibility index (Phi) is 5.67. The van der Waals surface area contributed by atoms with Crippen molar-refractivity contribution in [3.63, 3.8) is 0 Å². The monoisotopic (exact) mass is 331 g/mol. The molecule has 0 saturated carbocycles. The van der Waals surface area contributed by atoms with Crippen LogP contribution >= 0.6 is 0 Å². The van der Waals surface area contributed by atoms with Crippen LogP contribution in [0.1, 0.15) is 18.6 Å². The Labute approximate surface area is 141 Å². The van der Waals surface area contributed by atoms with Gasteiger partial charge in [0.1, 0.15) is 11.9 Å². The summed E-state index contributed by atoms with van der Waals surface area (Å²) in [6.45, 7) is 4.50. The van der Waals surface area contributed by atoms with Gasteiger partial charge in [0.05, 0.1) is 13.2 Å². The molecule has 0 aliphatic carbocycles. The molecule has 0 radical (unpaired) electrons. The zero-order valence-electron chi connectivity index (χ0n) is 13.7. The highest BCUT2D eigenvalue weighted by Crippen LogP contribution is 2.34. The Hall–Kier alpha value is -2.11. The minimum absolute atomic E-state index is 0.154. The van der Waals surface area contributed by atoms with Gasteiger partial charge in [0.15, 0.2) is 17.6 Å². The van der Waals surface area contributed by atoms with Crippen LogP contribution in [0.15, 0.2) is 48.5 Å². The van der Waals surface area contributed by atoms with Crippen molar-refractivity contribution in [3.05, 3.63) is 59.9 Å². The molecule has 0 aromatic heterocycles. The first kappa shape index (κ1) is 16.7. The van der Waals surface area contributed by atoms with E-state index in [2.05, 4.69) is 5.32 Å². The van der Waals surface area contributed by atoms with E-state index >= 15 is 0 Å². The molecule has 128 valence electrons. The second kappa shape index (κ2) is 8.13. The van der Waals surface area contributed by atoms with Crippen LogP contribution in [0.25, 0.3) is 0 Å². The van der Waals surface area contributed by atoms with E-state index in [1.807, 2.05) is 37.3 Å². The number of benzene rings is 2. The first-order valence-electron chi connectivity index (χ1n) is 8.24. The quantitative estimate of drug-likeness (QED) is 0.881. The third kappa shape index (κ3) is 4.04. The van der Waals surface area contributed by atoms with Gasteiger partial charge in [-0.15, -0.1) is 0 Å². The van der Waals surface area contributed by atoms with E-state index in [1.54, 1.807) is 6.07 Å². The molecule has 1 fully saturated rings. The molecule has 2 aromatic carbocycles. The fourth-order valence-electron chi connectivity index (χ4n) is 2.77. The average Bonchev–Trinajstić information content (AvgIpc) is 2.63. The maximum atomic E-state index is 13.7. The van der Waals surface area contributed by atoms with E-state index < -0.39 is 0 Å². The third-order valence-electron chi connectivity index (χ3n) is 3.88. The van der Waals surface area contributed by atoms with Crippen molar-refractivity contribution in [3.8, 4) is 11.5 Å². The predicted octanol–water partition coefficient (Wildman–Crippen LogP) is 3.33. The molecule has 1 heterocycles. The van der Waals surface area contributed by atoms with Gasteiger partial charge in [-0.3, -0.25) is 0 Å². The van der Waals surface area contributed by atoms with Gasteiger partial charge in [0.2, 0.25) is 0 Å². The van der Waals surface area contributed by atoms with E-state index in [4.69, 9.17) is 14.2 Å². The lowest BCUT2D eigenvalue weighted by Crippen LogP contribution is -2.43.